The number of carbonyl (C=O) groups is 2. The number of amides is 1. The van der Waals surface area contributed by atoms with E-state index in [-0.39, 0.29) is 11.7 Å². The number of fused-ring (bicyclic) bond motifs is 3. The van der Waals surface area contributed by atoms with Crippen molar-refractivity contribution in [3.05, 3.63) is 101 Å². The number of anilines is 1. The highest BCUT2D eigenvalue weighted by atomic mass is 16.2. The minimum Gasteiger partial charge on any atom is -0.307 e. The zero-order chi connectivity index (χ0) is 19.3. The summed E-state index contributed by atoms with van der Waals surface area (Å²) < 4.78 is 0. The largest absolute Gasteiger partial charge is 0.307 e. The number of benzene rings is 3. The number of nitriles is 1. The van der Waals surface area contributed by atoms with Gasteiger partial charge in [0.25, 0.3) is 5.91 Å². The van der Waals surface area contributed by atoms with Gasteiger partial charge in [0.1, 0.15) is 0 Å². The number of hydrogen-bond donors (Lipinski definition) is 0. The second-order valence-electron chi connectivity index (χ2n) is 7.35. The SMILES string of the molecule is N#Cc1ccc2c(c1)C1(Cc3ccccc3C1=O)CN2C(=O)c1ccccc1. The second kappa shape index (κ2) is 5.90. The third kappa shape index (κ3) is 2.17. The molecule has 1 heterocycles. The molecular weight excluding hydrogens is 348 g/mol. The molecule has 4 heteroatoms. The van der Waals surface area contributed by atoms with Gasteiger partial charge in [-0.25, -0.2) is 0 Å². The predicted molar refractivity (Wildman–Crippen MR) is 105 cm³/mol. The van der Waals surface area contributed by atoms with Gasteiger partial charge in [-0.3, -0.25) is 9.59 Å². The minimum absolute atomic E-state index is 0.0304. The standard InChI is InChI=1S/C24H16N2O2/c25-14-16-10-11-21-20(12-16)24(13-18-8-4-5-9-19(18)22(24)27)15-26(21)23(28)17-6-2-1-3-7-17/h1-12H,13,15H2. The summed E-state index contributed by atoms with van der Waals surface area (Å²) in [6, 6.07) is 24.1. The van der Waals surface area contributed by atoms with Gasteiger partial charge in [-0.2, -0.15) is 5.26 Å². The van der Waals surface area contributed by atoms with Crippen molar-refractivity contribution in [1.29, 1.82) is 5.26 Å². The first-order chi connectivity index (χ1) is 13.6. The molecular formula is C24H16N2O2. The third-order valence-electron chi connectivity index (χ3n) is 5.81. The summed E-state index contributed by atoms with van der Waals surface area (Å²) in [4.78, 5) is 28.4. The molecule has 5 rings (SSSR count). The molecule has 1 spiro atoms. The summed E-state index contributed by atoms with van der Waals surface area (Å²) in [5.41, 5.74) is 3.45. The predicted octanol–water partition coefficient (Wildman–Crippen LogP) is 3.90. The van der Waals surface area contributed by atoms with Crippen molar-refractivity contribution in [3.8, 4) is 6.07 Å². The van der Waals surface area contributed by atoms with Crippen LogP contribution >= 0.6 is 0 Å². The van der Waals surface area contributed by atoms with Crippen LogP contribution in [0.1, 0.15) is 37.4 Å². The average Bonchev–Trinajstić information content (AvgIpc) is 3.23. The first-order valence-electron chi connectivity index (χ1n) is 9.18. The van der Waals surface area contributed by atoms with Crippen molar-refractivity contribution >= 4 is 17.4 Å². The molecule has 2 aliphatic rings. The Morgan fingerprint density at radius 1 is 1.00 bits per heavy atom. The Bertz CT molecular complexity index is 1180. The Balaban J connectivity index is 1.67. The first-order valence-corrected chi connectivity index (χ1v) is 9.18. The second-order valence-corrected chi connectivity index (χ2v) is 7.35. The number of hydrogen-bond acceptors (Lipinski definition) is 3. The molecule has 0 aromatic heterocycles. The summed E-state index contributed by atoms with van der Waals surface area (Å²) in [5.74, 6) is -0.102. The fourth-order valence-corrected chi connectivity index (χ4v) is 4.49. The number of rotatable bonds is 1. The third-order valence-corrected chi connectivity index (χ3v) is 5.81. The molecule has 1 aliphatic heterocycles. The van der Waals surface area contributed by atoms with Crippen molar-refractivity contribution < 1.29 is 9.59 Å². The van der Waals surface area contributed by atoms with Crippen LogP contribution in [0.5, 0.6) is 0 Å². The number of Topliss-reactive ketones (excluding diaryl/α,β-unsaturated/α-hetero) is 1. The summed E-state index contributed by atoms with van der Waals surface area (Å²) in [6.45, 7) is 0.290. The maximum atomic E-state index is 13.5. The van der Waals surface area contributed by atoms with E-state index in [0.29, 0.717) is 35.3 Å². The van der Waals surface area contributed by atoms with Crippen molar-refractivity contribution in [1.82, 2.24) is 0 Å². The number of carbonyl (C=O) groups excluding carboxylic acids is 2. The highest BCUT2D eigenvalue weighted by Gasteiger charge is 2.54. The molecule has 4 nitrogen and oxygen atoms in total. The van der Waals surface area contributed by atoms with E-state index < -0.39 is 5.41 Å². The lowest BCUT2D eigenvalue weighted by Gasteiger charge is -2.23. The van der Waals surface area contributed by atoms with Gasteiger partial charge in [0.15, 0.2) is 5.78 Å². The fraction of sp³-hybridized carbons (Fsp3) is 0.125. The van der Waals surface area contributed by atoms with Crippen molar-refractivity contribution in [2.24, 2.45) is 0 Å². The summed E-state index contributed by atoms with van der Waals surface area (Å²) in [5, 5.41) is 9.38. The molecule has 3 aromatic rings. The van der Waals surface area contributed by atoms with E-state index >= 15 is 0 Å². The van der Waals surface area contributed by atoms with Crippen LogP contribution in [0.25, 0.3) is 0 Å². The van der Waals surface area contributed by atoms with Gasteiger partial charge < -0.3 is 4.90 Å². The van der Waals surface area contributed by atoms with Crippen LogP contribution in [-0.4, -0.2) is 18.2 Å². The molecule has 134 valence electrons. The van der Waals surface area contributed by atoms with Crippen molar-refractivity contribution in [3.63, 3.8) is 0 Å². The van der Waals surface area contributed by atoms with E-state index in [0.717, 1.165) is 11.1 Å². The summed E-state index contributed by atoms with van der Waals surface area (Å²) in [6.07, 6.45) is 0.544. The first kappa shape index (κ1) is 16.5. The van der Waals surface area contributed by atoms with Gasteiger partial charge in [-0.1, -0.05) is 42.5 Å². The monoisotopic (exact) mass is 364 g/mol. The topological polar surface area (TPSA) is 61.2 Å². The van der Waals surface area contributed by atoms with E-state index in [2.05, 4.69) is 6.07 Å². The summed E-state index contributed by atoms with van der Waals surface area (Å²) in [7, 11) is 0. The smallest absolute Gasteiger partial charge is 0.258 e. The Kier molecular flexibility index (Phi) is 3.47. The zero-order valence-corrected chi connectivity index (χ0v) is 15.1. The van der Waals surface area contributed by atoms with Crippen LogP contribution in [0, 0.1) is 11.3 Å². The van der Waals surface area contributed by atoms with Crippen LogP contribution in [0.2, 0.25) is 0 Å². The van der Waals surface area contributed by atoms with Crippen LogP contribution in [0.4, 0.5) is 5.69 Å². The highest BCUT2D eigenvalue weighted by Crippen LogP contribution is 2.49. The van der Waals surface area contributed by atoms with Crippen LogP contribution in [0.3, 0.4) is 0 Å². The lowest BCUT2D eigenvalue weighted by Crippen LogP contribution is -2.41. The van der Waals surface area contributed by atoms with Crippen molar-refractivity contribution in [2.45, 2.75) is 11.8 Å². The molecule has 0 saturated carbocycles. The van der Waals surface area contributed by atoms with Gasteiger partial charge >= 0.3 is 0 Å². The maximum Gasteiger partial charge on any atom is 0.258 e. The maximum absolute atomic E-state index is 13.5. The van der Waals surface area contributed by atoms with Gasteiger partial charge in [-0.05, 0) is 47.9 Å². The van der Waals surface area contributed by atoms with E-state index in [1.54, 1.807) is 35.2 Å². The molecule has 0 N–H and O–H groups in total. The number of nitrogens with zero attached hydrogens (tertiary/aromatic N) is 2. The Morgan fingerprint density at radius 3 is 2.50 bits per heavy atom. The van der Waals surface area contributed by atoms with Gasteiger partial charge in [0, 0.05) is 23.4 Å². The average molecular weight is 364 g/mol. The molecule has 1 unspecified atom stereocenters. The molecule has 3 aromatic carbocycles. The van der Waals surface area contributed by atoms with E-state index in [4.69, 9.17) is 0 Å². The van der Waals surface area contributed by atoms with Gasteiger partial charge in [-0.15, -0.1) is 0 Å². The minimum atomic E-state index is -0.823. The molecule has 1 amide bonds. The summed E-state index contributed by atoms with van der Waals surface area (Å²) >= 11 is 0. The normalized spacial score (nSPS) is 19.4. The van der Waals surface area contributed by atoms with E-state index in [9.17, 15) is 14.9 Å². The molecule has 1 atom stereocenters. The zero-order valence-electron chi connectivity index (χ0n) is 15.1. The van der Waals surface area contributed by atoms with Crippen molar-refractivity contribution in [2.75, 3.05) is 11.4 Å². The molecule has 0 radical (unpaired) electrons. The fourth-order valence-electron chi connectivity index (χ4n) is 4.49. The Hall–Kier alpha value is -3.71. The molecule has 28 heavy (non-hydrogen) atoms. The highest BCUT2D eigenvalue weighted by molar-refractivity contribution is 6.15. The number of ketones is 1. The van der Waals surface area contributed by atoms with E-state index in [1.165, 1.54) is 0 Å². The lowest BCUT2D eigenvalue weighted by molar-refractivity contribution is 0.0906. The lowest BCUT2D eigenvalue weighted by atomic mass is 9.78. The van der Waals surface area contributed by atoms with Gasteiger partial charge in [0.2, 0.25) is 0 Å². The molecule has 0 saturated heterocycles. The van der Waals surface area contributed by atoms with Gasteiger partial charge in [0.05, 0.1) is 17.0 Å². The Morgan fingerprint density at radius 2 is 1.75 bits per heavy atom. The molecule has 0 fully saturated rings. The Labute approximate surface area is 162 Å². The van der Waals surface area contributed by atoms with E-state index in [1.807, 2.05) is 42.5 Å². The molecule has 0 bridgehead atoms. The van der Waals surface area contributed by atoms with Crippen LogP contribution in [-0.2, 0) is 11.8 Å². The van der Waals surface area contributed by atoms with Crippen LogP contribution < -0.4 is 4.90 Å². The van der Waals surface area contributed by atoms with Crippen LogP contribution in [0.15, 0.2) is 72.8 Å². The quantitative estimate of drug-likeness (QED) is 0.658. The molecule has 1 aliphatic carbocycles.